The standard InChI is InChI=1S/C15H25N3O/c1-4-8-16-14-12(3)15(18-10-17-14)19-13-7-5-6-11(2)9-13/h10-11,13H,4-9H2,1-3H3,(H,16,17,18). The van der Waals surface area contributed by atoms with Crippen LogP contribution in [0.5, 0.6) is 5.88 Å². The van der Waals surface area contributed by atoms with Crippen molar-refractivity contribution in [2.24, 2.45) is 5.92 Å². The predicted octanol–water partition coefficient (Wildman–Crippen LogP) is 3.56. The van der Waals surface area contributed by atoms with Gasteiger partial charge in [-0.15, -0.1) is 0 Å². The number of rotatable bonds is 5. The van der Waals surface area contributed by atoms with Gasteiger partial charge in [0.05, 0.1) is 5.56 Å². The molecule has 0 bridgehead atoms. The zero-order chi connectivity index (χ0) is 13.7. The highest BCUT2D eigenvalue weighted by Crippen LogP contribution is 2.29. The maximum atomic E-state index is 6.09. The molecule has 0 spiro atoms. The van der Waals surface area contributed by atoms with Crippen molar-refractivity contribution in [2.45, 2.75) is 59.0 Å². The molecule has 0 aliphatic heterocycles. The Morgan fingerprint density at radius 2 is 2.21 bits per heavy atom. The molecule has 1 saturated carbocycles. The van der Waals surface area contributed by atoms with E-state index < -0.39 is 0 Å². The molecule has 106 valence electrons. The van der Waals surface area contributed by atoms with Crippen molar-refractivity contribution in [3.8, 4) is 5.88 Å². The Morgan fingerprint density at radius 3 is 2.95 bits per heavy atom. The molecule has 1 aliphatic carbocycles. The Bertz CT molecular complexity index is 408. The van der Waals surface area contributed by atoms with Gasteiger partial charge in [-0.05, 0) is 38.5 Å². The molecule has 1 aliphatic rings. The van der Waals surface area contributed by atoms with Gasteiger partial charge in [-0.2, -0.15) is 0 Å². The Balaban J connectivity index is 2.03. The molecule has 2 unspecified atom stereocenters. The lowest BCUT2D eigenvalue weighted by molar-refractivity contribution is 0.123. The van der Waals surface area contributed by atoms with E-state index in [9.17, 15) is 0 Å². The molecule has 2 atom stereocenters. The van der Waals surface area contributed by atoms with Crippen LogP contribution >= 0.6 is 0 Å². The van der Waals surface area contributed by atoms with E-state index in [0.717, 1.165) is 49.0 Å². The SMILES string of the molecule is CCCNc1ncnc(OC2CCCC(C)C2)c1C. The van der Waals surface area contributed by atoms with Crippen LogP contribution in [0.2, 0.25) is 0 Å². The topological polar surface area (TPSA) is 47.0 Å². The van der Waals surface area contributed by atoms with Crippen molar-refractivity contribution in [2.75, 3.05) is 11.9 Å². The fourth-order valence-electron chi connectivity index (χ4n) is 2.62. The zero-order valence-electron chi connectivity index (χ0n) is 12.3. The molecule has 0 saturated heterocycles. The quantitative estimate of drug-likeness (QED) is 0.882. The van der Waals surface area contributed by atoms with Crippen molar-refractivity contribution in [1.82, 2.24) is 9.97 Å². The molecule has 1 aromatic heterocycles. The van der Waals surface area contributed by atoms with Crippen LogP contribution in [-0.2, 0) is 0 Å². The van der Waals surface area contributed by atoms with Gasteiger partial charge in [0.2, 0.25) is 5.88 Å². The monoisotopic (exact) mass is 263 g/mol. The first kappa shape index (κ1) is 14.1. The first-order chi connectivity index (χ1) is 9.20. The van der Waals surface area contributed by atoms with E-state index in [1.54, 1.807) is 6.33 Å². The number of hydrogen-bond donors (Lipinski definition) is 1. The van der Waals surface area contributed by atoms with Gasteiger partial charge >= 0.3 is 0 Å². The third-order valence-electron chi connectivity index (χ3n) is 3.75. The number of nitrogens with zero attached hydrogens (tertiary/aromatic N) is 2. The summed E-state index contributed by atoms with van der Waals surface area (Å²) in [5.41, 5.74) is 1.02. The number of anilines is 1. The van der Waals surface area contributed by atoms with E-state index in [2.05, 4.69) is 29.1 Å². The first-order valence-corrected chi connectivity index (χ1v) is 7.42. The number of nitrogens with one attached hydrogen (secondary N) is 1. The van der Waals surface area contributed by atoms with E-state index in [1.165, 1.54) is 12.8 Å². The highest BCUT2D eigenvalue weighted by molar-refractivity contribution is 5.47. The van der Waals surface area contributed by atoms with Gasteiger partial charge < -0.3 is 10.1 Å². The van der Waals surface area contributed by atoms with E-state index >= 15 is 0 Å². The molecule has 2 rings (SSSR count). The molecule has 4 nitrogen and oxygen atoms in total. The van der Waals surface area contributed by atoms with Gasteiger partial charge in [-0.3, -0.25) is 0 Å². The van der Waals surface area contributed by atoms with Crippen LogP contribution in [0.3, 0.4) is 0 Å². The van der Waals surface area contributed by atoms with Crippen molar-refractivity contribution in [3.63, 3.8) is 0 Å². The lowest BCUT2D eigenvalue weighted by Gasteiger charge is -2.27. The molecule has 1 N–H and O–H groups in total. The Labute approximate surface area is 116 Å². The highest BCUT2D eigenvalue weighted by atomic mass is 16.5. The number of ether oxygens (including phenoxy) is 1. The second kappa shape index (κ2) is 6.73. The molecule has 0 radical (unpaired) electrons. The molecular weight excluding hydrogens is 238 g/mol. The van der Waals surface area contributed by atoms with Crippen LogP contribution in [0.1, 0.15) is 51.5 Å². The highest BCUT2D eigenvalue weighted by Gasteiger charge is 2.21. The molecule has 1 aromatic rings. The minimum atomic E-state index is 0.316. The largest absolute Gasteiger partial charge is 0.474 e. The Hall–Kier alpha value is -1.32. The average Bonchev–Trinajstić information content (AvgIpc) is 2.40. The summed E-state index contributed by atoms with van der Waals surface area (Å²) in [6, 6.07) is 0. The lowest BCUT2D eigenvalue weighted by atomic mass is 9.89. The van der Waals surface area contributed by atoms with Gasteiger partial charge in [0.1, 0.15) is 18.2 Å². The zero-order valence-corrected chi connectivity index (χ0v) is 12.3. The van der Waals surface area contributed by atoms with Crippen molar-refractivity contribution < 1.29 is 4.74 Å². The van der Waals surface area contributed by atoms with E-state index in [0.29, 0.717) is 6.10 Å². The smallest absolute Gasteiger partial charge is 0.221 e. The van der Waals surface area contributed by atoms with Gasteiger partial charge in [0.25, 0.3) is 0 Å². The predicted molar refractivity (Wildman–Crippen MR) is 77.6 cm³/mol. The normalized spacial score (nSPS) is 23.1. The van der Waals surface area contributed by atoms with Crippen LogP contribution < -0.4 is 10.1 Å². The van der Waals surface area contributed by atoms with Gasteiger partial charge in [0, 0.05) is 6.54 Å². The summed E-state index contributed by atoms with van der Waals surface area (Å²) in [5, 5.41) is 3.32. The molecular formula is C15H25N3O. The molecule has 0 amide bonds. The fraction of sp³-hybridized carbons (Fsp3) is 0.733. The minimum absolute atomic E-state index is 0.316. The summed E-state index contributed by atoms with van der Waals surface area (Å²) in [6.45, 7) is 7.40. The maximum absolute atomic E-state index is 6.09. The summed E-state index contributed by atoms with van der Waals surface area (Å²) in [5.74, 6) is 2.40. The number of aromatic nitrogens is 2. The van der Waals surface area contributed by atoms with Gasteiger partial charge in [0.15, 0.2) is 0 Å². The van der Waals surface area contributed by atoms with E-state index in [-0.39, 0.29) is 0 Å². The summed E-state index contributed by atoms with van der Waals surface area (Å²) >= 11 is 0. The van der Waals surface area contributed by atoms with Crippen LogP contribution in [0.4, 0.5) is 5.82 Å². The molecule has 0 aromatic carbocycles. The molecule has 1 fully saturated rings. The number of hydrogen-bond acceptors (Lipinski definition) is 4. The lowest BCUT2D eigenvalue weighted by Crippen LogP contribution is -2.25. The van der Waals surface area contributed by atoms with Crippen molar-refractivity contribution in [3.05, 3.63) is 11.9 Å². The summed E-state index contributed by atoms with van der Waals surface area (Å²) < 4.78 is 6.09. The second-order valence-corrected chi connectivity index (χ2v) is 5.59. The summed E-state index contributed by atoms with van der Waals surface area (Å²) in [4.78, 5) is 8.58. The van der Waals surface area contributed by atoms with Crippen molar-refractivity contribution >= 4 is 5.82 Å². The third-order valence-corrected chi connectivity index (χ3v) is 3.75. The van der Waals surface area contributed by atoms with Gasteiger partial charge in [-0.25, -0.2) is 9.97 Å². The van der Waals surface area contributed by atoms with Gasteiger partial charge in [-0.1, -0.05) is 20.3 Å². The Kier molecular flexibility index (Phi) is 5.00. The maximum Gasteiger partial charge on any atom is 0.221 e. The third kappa shape index (κ3) is 3.82. The van der Waals surface area contributed by atoms with E-state index in [4.69, 9.17) is 4.74 Å². The summed E-state index contributed by atoms with van der Waals surface area (Å²) in [6.07, 6.45) is 7.86. The summed E-state index contributed by atoms with van der Waals surface area (Å²) in [7, 11) is 0. The van der Waals surface area contributed by atoms with Crippen LogP contribution in [-0.4, -0.2) is 22.6 Å². The van der Waals surface area contributed by atoms with E-state index in [1.807, 2.05) is 6.92 Å². The molecule has 4 heteroatoms. The fourth-order valence-corrected chi connectivity index (χ4v) is 2.62. The first-order valence-electron chi connectivity index (χ1n) is 7.42. The molecule has 1 heterocycles. The average molecular weight is 263 g/mol. The van der Waals surface area contributed by atoms with Crippen LogP contribution in [0.15, 0.2) is 6.33 Å². The minimum Gasteiger partial charge on any atom is -0.474 e. The van der Waals surface area contributed by atoms with Crippen molar-refractivity contribution in [1.29, 1.82) is 0 Å². The second-order valence-electron chi connectivity index (χ2n) is 5.59. The van der Waals surface area contributed by atoms with Crippen LogP contribution in [0, 0.1) is 12.8 Å². The molecule has 19 heavy (non-hydrogen) atoms. The van der Waals surface area contributed by atoms with Crippen LogP contribution in [0.25, 0.3) is 0 Å². The Morgan fingerprint density at radius 1 is 1.37 bits per heavy atom.